The first-order chi connectivity index (χ1) is 14.1. The molecule has 29 heavy (non-hydrogen) atoms. The fourth-order valence-electron chi connectivity index (χ4n) is 2.95. The van der Waals surface area contributed by atoms with Crippen LogP contribution in [0.2, 0.25) is 0 Å². The monoisotopic (exact) mass is 394 g/mol. The van der Waals surface area contributed by atoms with Gasteiger partial charge in [-0.2, -0.15) is 0 Å². The molecule has 0 aliphatic carbocycles. The first kappa shape index (κ1) is 20.3. The third-order valence-corrected chi connectivity index (χ3v) is 4.33. The van der Waals surface area contributed by atoms with Crippen molar-refractivity contribution < 1.29 is 9.90 Å². The van der Waals surface area contributed by atoms with Crippen LogP contribution in [0.5, 0.6) is 0 Å². The summed E-state index contributed by atoms with van der Waals surface area (Å²) in [6.07, 6.45) is 4.17. The fraction of sp³-hybridized carbons (Fsp3) is 0.333. The van der Waals surface area contributed by atoms with Gasteiger partial charge in [-0.05, 0) is 18.6 Å². The second-order valence-electron chi connectivity index (χ2n) is 6.67. The Morgan fingerprint density at radius 3 is 2.59 bits per heavy atom. The van der Waals surface area contributed by atoms with Crippen molar-refractivity contribution in [3.05, 3.63) is 48.2 Å². The van der Waals surface area contributed by atoms with Gasteiger partial charge in [-0.25, -0.2) is 9.50 Å². The molecule has 0 fully saturated rings. The molecule has 0 saturated carbocycles. The summed E-state index contributed by atoms with van der Waals surface area (Å²) in [4.78, 5) is 17.9. The van der Waals surface area contributed by atoms with Gasteiger partial charge in [0.2, 0.25) is 0 Å². The maximum absolute atomic E-state index is 9.00. The van der Waals surface area contributed by atoms with Crippen molar-refractivity contribution in [3.63, 3.8) is 0 Å². The van der Waals surface area contributed by atoms with Gasteiger partial charge in [-0.3, -0.25) is 9.79 Å². The summed E-state index contributed by atoms with van der Waals surface area (Å²) in [5.74, 6) is 1.02. The Morgan fingerprint density at radius 1 is 1.21 bits per heavy atom. The highest BCUT2D eigenvalue weighted by atomic mass is 16.4. The number of rotatable bonds is 6. The maximum atomic E-state index is 9.00. The van der Waals surface area contributed by atoms with E-state index in [1.165, 1.54) is 0 Å². The normalized spacial score (nSPS) is 12.7. The number of amidine groups is 1. The number of nitrogens with one attached hydrogen (secondary N) is 2. The van der Waals surface area contributed by atoms with Crippen molar-refractivity contribution >= 4 is 23.3 Å². The van der Waals surface area contributed by atoms with Crippen molar-refractivity contribution in [1.82, 2.24) is 19.9 Å². The molecular formula is C21H26N6O2. The largest absolute Gasteiger partial charge is 0.481 e. The van der Waals surface area contributed by atoms with Crippen LogP contribution in [0.3, 0.4) is 0 Å². The molecule has 0 bridgehead atoms. The minimum Gasteiger partial charge on any atom is -0.481 e. The number of carbonyl (C=O) groups is 1. The van der Waals surface area contributed by atoms with Crippen LogP contribution >= 0.6 is 0 Å². The number of aliphatic carboxylic acids is 1. The number of aromatic nitrogens is 3. The highest BCUT2D eigenvalue weighted by Crippen LogP contribution is 2.21. The SMILES string of the molecule is CC(=O)O.CCCCNc1ccc2ncc(-c3ccc(C4=NCCN4)cc3)n2n1. The van der Waals surface area contributed by atoms with Gasteiger partial charge in [0.05, 0.1) is 18.4 Å². The lowest BCUT2D eigenvalue weighted by Gasteiger charge is -2.07. The average molecular weight is 394 g/mol. The molecule has 3 heterocycles. The van der Waals surface area contributed by atoms with E-state index < -0.39 is 5.97 Å². The van der Waals surface area contributed by atoms with Gasteiger partial charge in [0.25, 0.3) is 5.97 Å². The second-order valence-corrected chi connectivity index (χ2v) is 6.67. The van der Waals surface area contributed by atoms with E-state index in [1.54, 1.807) is 0 Å². The molecular weight excluding hydrogens is 368 g/mol. The molecule has 8 nitrogen and oxygen atoms in total. The molecule has 3 aromatic rings. The van der Waals surface area contributed by atoms with Crippen molar-refractivity contribution in [2.75, 3.05) is 25.0 Å². The van der Waals surface area contributed by atoms with E-state index in [2.05, 4.69) is 51.8 Å². The smallest absolute Gasteiger partial charge is 0.300 e. The van der Waals surface area contributed by atoms with Crippen LogP contribution in [0, 0.1) is 0 Å². The standard InChI is InChI=1S/C19H22N6.C2H4O2/c1-2-3-10-20-17-8-9-18-23-13-16(25(18)24-17)14-4-6-15(7-5-14)19-21-11-12-22-19;1-2(3)4/h4-9,13H,2-3,10-12H2,1H3,(H,20,24)(H,21,22);1H3,(H,3,4). The molecule has 8 heteroatoms. The van der Waals surface area contributed by atoms with Gasteiger partial charge >= 0.3 is 0 Å². The average Bonchev–Trinajstić information content (AvgIpc) is 3.38. The van der Waals surface area contributed by atoms with Gasteiger partial charge in [0.1, 0.15) is 11.7 Å². The van der Waals surface area contributed by atoms with Gasteiger partial charge in [0, 0.05) is 31.1 Å². The van der Waals surface area contributed by atoms with Gasteiger partial charge in [-0.1, -0.05) is 37.6 Å². The summed E-state index contributed by atoms with van der Waals surface area (Å²) in [5, 5.41) is 18.8. The van der Waals surface area contributed by atoms with E-state index in [1.807, 2.05) is 22.8 Å². The van der Waals surface area contributed by atoms with Crippen LogP contribution in [0.1, 0.15) is 32.3 Å². The second kappa shape index (κ2) is 9.68. The Labute approximate surface area is 169 Å². The van der Waals surface area contributed by atoms with Crippen molar-refractivity contribution in [2.45, 2.75) is 26.7 Å². The molecule has 2 aromatic heterocycles. The first-order valence-corrected chi connectivity index (χ1v) is 9.76. The van der Waals surface area contributed by atoms with Crippen LogP contribution in [0.4, 0.5) is 5.82 Å². The molecule has 4 rings (SSSR count). The number of carboxylic acids is 1. The lowest BCUT2D eigenvalue weighted by molar-refractivity contribution is -0.134. The number of imidazole rings is 1. The molecule has 1 aromatic carbocycles. The van der Waals surface area contributed by atoms with Crippen molar-refractivity contribution in [3.8, 4) is 11.3 Å². The molecule has 3 N–H and O–H groups in total. The Kier molecular flexibility index (Phi) is 6.78. The topological polar surface area (TPSA) is 104 Å². The van der Waals surface area contributed by atoms with Crippen molar-refractivity contribution in [1.29, 1.82) is 0 Å². The van der Waals surface area contributed by atoms with Gasteiger partial charge in [-0.15, -0.1) is 5.10 Å². The zero-order valence-corrected chi connectivity index (χ0v) is 16.7. The third-order valence-electron chi connectivity index (χ3n) is 4.33. The number of nitrogens with zero attached hydrogens (tertiary/aromatic N) is 4. The number of benzene rings is 1. The van der Waals surface area contributed by atoms with E-state index >= 15 is 0 Å². The van der Waals surface area contributed by atoms with Gasteiger partial charge < -0.3 is 15.7 Å². The van der Waals surface area contributed by atoms with Crippen LogP contribution in [0.25, 0.3) is 16.9 Å². The minimum atomic E-state index is -0.833. The molecule has 0 spiro atoms. The lowest BCUT2D eigenvalue weighted by atomic mass is 10.1. The maximum Gasteiger partial charge on any atom is 0.300 e. The number of unbranched alkanes of at least 4 members (excludes halogenated alkanes) is 1. The number of carboxylic acid groups (broad SMARTS) is 1. The molecule has 152 valence electrons. The predicted octanol–water partition coefficient (Wildman–Crippen LogP) is 3.05. The highest BCUT2D eigenvalue weighted by molar-refractivity contribution is 6.00. The number of hydrogen-bond donors (Lipinski definition) is 3. The Bertz CT molecular complexity index is 990. The predicted molar refractivity (Wildman–Crippen MR) is 115 cm³/mol. The molecule has 0 unspecified atom stereocenters. The third kappa shape index (κ3) is 5.31. The van der Waals surface area contributed by atoms with Crippen LogP contribution in [0.15, 0.2) is 47.6 Å². The van der Waals surface area contributed by atoms with E-state index in [0.717, 1.165) is 73.5 Å². The van der Waals surface area contributed by atoms with E-state index in [-0.39, 0.29) is 0 Å². The quantitative estimate of drug-likeness (QED) is 0.555. The number of hydrogen-bond acceptors (Lipinski definition) is 6. The van der Waals surface area contributed by atoms with Crippen LogP contribution in [-0.2, 0) is 4.79 Å². The Hall–Kier alpha value is -3.42. The lowest BCUT2D eigenvalue weighted by Crippen LogP contribution is -2.19. The molecule has 0 saturated heterocycles. The molecule has 0 atom stereocenters. The zero-order valence-electron chi connectivity index (χ0n) is 16.7. The van der Waals surface area contributed by atoms with E-state index in [0.29, 0.717) is 0 Å². The van der Waals surface area contributed by atoms with Crippen molar-refractivity contribution in [2.24, 2.45) is 4.99 Å². The van der Waals surface area contributed by atoms with Crippen LogP contribution in [-0.4, -0.2) is 51.1 Å². The van der Waals surface area contributed by atoms with Gasteiger partial charge in [0.15, 0.2) is 5.65 Å². The Morgan fingerprint density at radius 2 is 1.93 bits per heavy atom. The highest BCUT2D eigenvalue weighted by Gasteiger charge is 2.11. The van der Waals surface area contributed by atoms with E-state index in [4.69, 9.17) is 15.0 Å². The number of fused-ring (bicyclic) bond motifs is 1. The summed E-state index contributed by atoms with van der Waals surface area (Å²) in [6, 6.07) is 12.4. The summed E-state index contributed by atoms with van der Waals surface area (Å²) >= 11 is 0. The summed E-state index contributed by atoms with van der Waals surface area (Å²) in [6.45, 7) is 5.97. The zero-order chi connectivity index (χ0) is 20.6. The van der Waals surface area contributed by atoms with Crippen LogP contribution < -0.4 is 10.6 Å². The van der Waals surface area contributed by atoms with E-state index in [9.17, 15) is 0 Å². The first-order valence-electron chi connectivity index (χ1n) is 9.76. The molecule has 1 aliphatic heterocycles. The fourth-order valence-corrected chi connectivity index (χ4v) is 2.95. The molecule has 1 aliphatic rings. The Balaban J connectivity index is 0.000000552. The summed E-state index contributed by atoms with van der Waals surface area (Å²) in [5.41, 5.74) is 4.04. The number of aliphatic imine (C=N–C) groups is 1. The summed E-state index contributed by atoms with van der Waals surface area (Å²) in [7, 11) is 0. The molecule has 0 amide bonds. The number of anilines is 1. The minimum absolute atomic E-state index is 0.833. The summed E-state index contributed by atoms with van der Waals surface area (Å²) < 4.78 is 1.90. The molecule has 0 radical (unpaired) electrons.